The van der Waals surface area contributed by atoms with E-state index in [0.717, 1.165) is 25.0 Å². The van der Waals surface area contributed by atoms with Crippen molar-refractivity contribution in [3.8, 4) is 0 Å². The summed E-state index contributed by atoms with van der Waals surface area (Å²) in [4.78, 5) is 0. The summed E-state index contributed by atoms with van der Waals surface area (Å²) in [5.74, 6) is 0.719. The molecular weight excluding hydrogens is 148 g/mol. The van der Waals surface area contributed by atoms with E-state index in [9.17, 15) is 4.21 Å². The van der Waals surface area contributed by atoms with E-state index in [4.69, 9.17) is 5.11 Å². The van der Waals surface area contributed by atoms with Crippen LogP contribution < -0.4 is 0 Å². The quantitative estimate of drug-likeness (QED) is 0.656. The Bertz CT molecular complexity index is 104. The Morgan fingerprint density at radius 3 is 2.60 bits per heavy atom. The van der Waals surface area contributed by atoms with Gasteiger partial charge in [-0.1, -0.05) is 6.92 Å². The highest BCUT2D eigenvalue weighted by Gasteiger charge is 1.99. The lowest BCUT2D eigenvalue weighted by Crippen LogP contribution is -2.06. The Balaban J connectivity index is 3.11. The van der Waals surface area contributed by atoms with Crippen LogP contribution in [0.5, 0.6) is 0 Å². The largest absolute Gasteiger partial charge is 0.393 e. The van der Waals surface area contributed by atoms with Gasteiger partial charge in [0.2, 0.25) is 0 Å². The summed E-state index contributed by atoms with van der Waals surface area (Å²) >= 11 is 0. The first-order valence-corrected chi connectivity index (χ1v) is 5.37. The summed E-state index contributed by atoms with van der Waals surface area (Å²) in [5, 5.41) is 9.07. The Morgan fingerprint density at radius 2 is 2.20 bits per heavy atom. The van der Waals surface area contributed by atoms with Crippen LogP contribution in [-0.4, -0.2) is 27.4 Å². The van der Waals surface area contributed by atoms with Gasteiger partial charge in [0.15, 0.2) is 0 Å². The van der Waals surface area contributed by atoms with Gasteiger partial charge in [-0.2, -0.15) is 0 Å². The van der Waals surface area contributed by atoms with Crippen molar-refractivity contribution in [2.45, 2.75) is 32.3 Å². The predicted molar refractivity (Wildman–Crippen MR) is 44.5 cm³/mol. The molecule has 0 radical (unpaired) electrons. The van der Waals surface area contributed by atoms with Crippen molar-refractivity contribution < 1.29 is 9.32 Å². The summed E-state index contributed by atoms with van der Waals surface area (Å²) in [5.41, 5.74) is 0. The van der Waals surface area contributed by atoms with E-state index in [2.05, 4.69) is 0 Å². The van der Waals surface area contributed by atoms with Gasteiger partial charge in [0.05, 0.1) is 6.10 Å². The molecule has 1 N–H and O–H groups in total. The van der Waals surface area contributed by atoms with E-state index in [0.29, 0.717) is 0 Å². The minimum atomic E-state index is -0.695. The molecule has 0 fully saturated rings. The number of rotatable bonds is 5. The van der Waals surface area contributed by atoms with Crippen LogP contribution in [0.15, 0.2) is 0 Å². The van der Waals surface area contributed by atoms with Crippen LogP contribution in [0, 0.1) is 0 Å². The number of hydrogen-bond donors (Lipinski definition) is 1. The summed E-state index contributed by atoms with van der Waals surface area (Å²) in [7, 11) is -0.695. The zero-order valence-corrected chi connectivity index (χ0v) is 7.49. The van der Waals surface area contributed by atoms with Crippen molar-refractivity contribution in [1.82, 2.24) is 0 Å². The maximum absolute atomic E-state index is 10.5. The molecule has 0 spiro atoms. The van der Waals surface area contributed by atoms with Crippen LogP contribution >= 0.6 is 0 Å². The molecule has 0 aromatic carbocycles. The molecule has 62 valence electrons. The van der Waals surface area contributed by atoms with Gasteiger partial charge in [0.1, 0.15) is 0 Å². The molecule has 0 aromatic rings. The van der Waals surface area contributed by atoms with Gasteiger partial charge in [-0.3, -0.25) is 4.21 Å². The third kappa shape index (κ3) is 6.23. The van der Waals surface area contributed by atoms with Crippen LogP contribution in [-0.2, 0) is 10.8 Å². The molecule has 0 saturated heterocycles. The second-order valence-electron chi connectivity index (χ2n) is 2.48. The third-order valence-electron chi connectivity index (χ3n) is 1.44. The van der Waals surface area contributed by atoms with Crippen LogP contribution in [0.2, 0.25) is 0 Å². The zero-order valence-electron chi connectivity index (χ0n) is 6.67. The Hall–Kier alpha value is 0.110. The number of aliphatic hydroxyl groups excluding tert-OH is 1. The van der Waals surface area contributed by atoms with Crippen molar-refractivity contribution in [2.75, 3.05) is 12.0 Å². The van der Waals surface area contributed by atoms with E-state index in [1.807, 2.05) is 6.92 Å². The molecule has 10 heavy (non-hydrogen) atoms. The molecule has 0 saturated carbocycles. The average molecular weight is 164 g/mol. The third-order valence-corrected chi connectivity index (χ3v) is 2.30. The molecule has 0 bridgehead atoms. The normalized spacial score (nSPS) is 16.7. The van der Waals surface area contributed by atoms with E-state index in [-0.39, 0.29) is 6.10 Å². The van der Waals surface area contributed by atoms with Crippen LogP contribution in [0.1, 0.15) is 26.2 Å². The molecule has 0 aliphatic rings. The van der Waals surface area contributed by atoms with Crippen molar-refractivity contribution in [3.63, 3.8) is 0 Å². The van der Waals surface area contributed by atoms with Gasteiger partial charge in [-0.15, -0.1) is 0 Å². The lowest BCUT2D eigenvalue weighted by atomic mass is 10.2. The Morgan fingerprint density at radius 1 is 1.60 bits per heavy atom. The highest BCUT2D eigenvalue weighted by molar-refractivity contribution is 7.84. The second-order valence-corrected chi connectivity index (χ2v) is 4.04. The number of aliphatic hydroxyl groups is 1. The molecule has 0 aliphatic carbocycles. The molecule has 2 unspecified atom stereocenters. The first-order valence-electron chi connectivity index (χ1n) is 3.65. The maximum Gasteiger partial charge on any atom is 0.0538 e. The van der Waals surface area contributed by atoms with Crippen molar-refractivity contribution in [1.29, 1.82) is 0 Å². The minimum Gasteiger partial charge on any atom is -0.393 e. The maximum atomic E-state index is 10.5. The minimum absolute atomic E-state index is 0.191. The van der Waals surface area contributed by atoms with Gasteiger partial charge in [0, 0.05) is 22.8 Å². The molecule has 0 amide bonds. The predicted octanol–water partition coefficient (Wildman–Crippen LogP) is 0.916. The van der Waals surface area contributed by atoms with E-state index in [1.165, 1.54) is 0 Å². The first-order chi connectivity index (χ1) is 4.66. The van der Waals surface area contributed by atoms with Crippen LogP contribution in [0.25, 0.3) is 0 Å². The Labute approximate surface area is 65.1 Å². The van der Waals surface area contributed by atoms with Gasteiger partial charge < -0.3 is 5.11 Å². The average Bonchev–Trinajstić information content (AvgIpc) is 1.87. The lowest BCUT2D eigenvalue weighted by Gasteiger charge is -2.04. The SMILES string of the molecule is CCC(O)CCCS(C)=O. The van der Waals surface area contributed by atoms with E-state index >= 15 is 0 Å². The fourth-order valence-electron chi connectivity index (χ4n) is 0.726. The van der Waals surface area contributed by atoms with Gasteiger partial charge in [0.25, 0.3) is 0 Å². The number of hydrogen-bond acceptors (Lipinski definition) is 2. The zero-order chi connectivity index (χ0) is 7.98. The van der Waals surface area contributed by atoms with E-state index in [1.54, 1.807) is 6.26 Å². The van der Waals surface area contributed by atoms with Gasteiger partial charge in [-0.05, 0) is 19.3 Å². The van der Waals surface area contributed by atoms with Crippen molar-refractivity contribution in [2.24, 2.45) is 0 Å². The molecule has 3 heteroatoms. The van der Waals surface area contributed by atoms with Gasteiger partial charge >= 0.3 is 0 Å². The summed E-state index contributed by atoms with van der Waals surface area (Å²) in [6, 6.07) is 0. The molecule has 2 atom stereocenters. The van der Waals surface area contributed by atoms with Gasteiger partial charge in [-0.25, -0.2) is 0 Å². The topological polar surface area (TPSA) is 37.3 Å². The van der Waals surface area contributed by atoms with E-state index < -0.39 is 10.8 Å². The van der Waals surface area contributed by atoms with Crippen molar-refractivity contribution in [3.05, 3.63) is 0 Å². The molecule has 0 aliphatic heterocycles. The van der Waals surface area contributed by atoms with Crippen molar-refractivity contribution >= 4 is 10.8 Å². The summed E-state index contributed by atoms with van der Waals surface area (Å²) in [6.07, 6.45) is 3.96. The molecule has 2 nitrogen and oxygen atoms in total. The highest BCUT2D eigenvalue weighted by atomic mass is 32.2. The molecular formula is C7H16O2S. The monoisotopic (exact) mass is 164 g/mol. The Kier molecular flexibility index (Phi) is 5.93. The lowest BCUT2D eigenvalue weighted by molar-refractivity contribution is 0.159. The summed E-state index contributed by atoms with van der Waals surface area (Å²) < 4.78 is 10.5. The molecule has 0 rings (SSSR count). The standard InChI is InChI=1S/C7H16O2S/c1-3-7(8)5-4-6-10(2)9/h7-8H,3-6H2,1-2H3. The summed E-state index contributed by atoms with van der Waals surface area (Å²) in [6.45, 7) is 1.95. The highest BCUT2D eigenvalue weighted by Crippen LogP contribution is 2.00. The second kappa shape index (κ2) is 5.86. The fourth-order valence-corrected chi connectivity index (χ4v) is 1.30. The van der Waals surface area contributed by atoms with Crippen LogP contribution in [0.3, 0.4) is 0 Å². The smallest absolute Gasteiger partial charge is 0.0538 e. The fraction of sp³-hybridized carbons (Fsp3) is 1.00. The molecule has 0 heterocycles. The van der Waals surface area contributed by atoms with Crippen LogP contribution in [0.4, 0.5) is 0 Å². The first kappa shape index (κ1) is 10.1. The molecule has 0 aromatic heterocycles.